The maximum absolute atomic E-state index is 12.9. The number of ether oxygens (including phenoxy) is 1. The van der Waals surface area contributed by atoms with Gasteiger partial charge in [-0.1, -0.05) is 11.3 Å². The molecule has 30 heavy (non-hydrogen) atoms. The van der Waals surface area contributed by atoms with E-state index in [1.54, 1.807) is 25.7 Å². The molecule has 164 valence electrons. The number of halogens is 3. The number of rotatable bonds is 2. The molecule has 0 aliphatic carbocycles. The summed E-state index contributed by atoms with van der Waals surface area (Å²) in [5, 5.41) is 3.27. The fourth-order valence-electron chi connectivity index (χ4n) is 4.28. The molecule has 11 heteroatoms. The third kappa shape index (κ3) is 4.09. The summed E-state index contributed by atoms with van der Waals surface area (Å²) in [5.74, 6) is 0. The smallest absolute Gasteiger partial charge is 0.410 e. The third-order valence-electron chi connectivity index (χ3n) is 5.48. The Bertz CT molecular complexity index is 950. The van der Waals surface area contributed by atoms with Crippen LogP contribution in [0.3, 0.4) is 0 Å². The Morgan fingerprint density at radius 2 is 2.00 bits per heavy atom. The number of alkyl halides is 3. The van der Waals surface area contributed by atoms with Crippen molar-refractivity contribution in [1.29, 1.82) is 0 Å². The van der Waals surface area contributed by atoms with Crippen LogP contribution >= 0.6 is 11.3 Å². The van der Waals surface area contributed by atoms with Gasteiger partial charge >= 0.3 is 12.3 Å². The highest BCUT2D eigenvalue weighted by Crippen LogP contribution is 2.55. The summed E-state index contributed by atoms with van der Waals surface area (Å²) in [6.45, 7) is 7.54. The van der Waals surface area contributed by atoms with Crippen molar-refractivity contribution in [3.63, 3.8) is 0 Å². The van der Waals surface area contributed by atoms with Crippen LogP contribution in [-0.4, -0.2) is 57.4 Å². The van der Waals surface area contributed by atoms with Gasteiger partial charge in [0.25, 0.3) is 0 Å². The molecule has 1 amide bonds. The Labute approximate surface area is 176 Å². The molecule has 2 aliphatic heterocycles. The number of hydrogen-bond donors (Lipinski definition) is 1. The molecule has 2 aliphatic rings. The van der Waals surface area contributed by atoms with Crippen LogP contribution in [-0.2, 0) is 11.2 Å². The summed E-state index contributed by atoms with van der Waals surface area (Å²) in [4.78, 5) is 27.6. The molecule has 2 aromatic rings. The van der Waals surface area contributed by atoms with Gasteiger partial charge in [-0.15, -0.1) is 0 Å². The van der Waals surface area contributed by atoms with Gasteiger partial charge in [0.2, 0.25) is 0 Å². The van der Waals surface area contributed by atoms with Gasteiger partial charge < -0.3 is 10.1 Å². The first-order chi connectivity index (χ1) is 14.0. The molecule has 4 rings (SSSR count). The Hall–Kier alpha value is -2.01. The first-order valence-electron chi connectivity index (χ1n) is 9.85. The topological polar surface area (TPSA) is 80.2 Å². The Kier molecular flexibility index (Phi) is 5.16. The lowest BCUT2D eigenvalue weighted by Gasteiger charge is -2.58. The zero-order valence-corrected chi connectivity index (χ0v) is 17.9. The van der Waals surface area contributed by atoms with Crippen molar-refractivity contribution in [3.8, 4) is 0 Å². The number of amides is 1. The molecule has 1 atom stereocenters. The van der Waals surface area contributed by atoms with E-state index in [1.165, 1.54) is 6.33 Å². The Morgan fingerprint density at radius 1 is 1.30 bits per heavy atom. The average molecular weight is 443 g/mol. The van der Waals surface area contributed by atoms with Gasteiger partial charge in [-0.25, -0.2) is 19.7 Å². The summed E-state index contributed by atoms with van der Waals surface area (Å²) in [6, 6.07) is -0.402. The van der Waals surface area contributed by atoms with Gasteiger partial charge in [0.05, 0.1) is 18.2 Å². The molecule has 0 aromatic carbocycles. The quantitative estimate of drug-likeness (QED) is 0.760. The lowest BCUT2D eigenvalue weighted by atomic mass is 9.64. The number of thiazole rings is 1. The first kappa shape index (κ1) is 21.2. The first-order valence-corrected chi connectivity index (χ1v) is 10.7. The maximum Gasteiger partial charge on any atom is 0.410 e. The van der Waals surface area contributed by atoms with Crippen LogP contribution in [0.5, 0.6) is 0 Å². The Balaban J connectivity index is 1.73. The molecule has 2 aromatic heterocycles. The highest BCUT2D eigenvalue weighted by Gasteiger charge is 2.57. The van der Waals surface area contributed by atoms with Gasteiger partial charge in [0.15, 0.2) is 0 Å². The number of nitrogens with one attached hydrogen (secondary N) is 1. The normalized spacial score (nSPS) is 21.7. The SMILES string of the molecule is CC(C)(C)OC(=O)N1CC2(CCNCC2)C1c1ncnc2sc(CC(F)(F)F)nc12. The molecule has 0 bridgehead atoms. The van der Waals surface area contributed by atoms with Crippen molar-refractivity contribution in [2.45, 2.75) is 57.9 Å². The van der Waals surface area contributed by atoms with E-state index in [9.17, 15) is 18.0 Å². The lowest BCUT2D eigenvalue weighted by molar-refractivity contribution is -0.127. The molecule has 2 saturated heterocycles. The number of hydrogen-bond acceptors (Lipinski definition) is 7. The zero-order chi connectivity index (χ0) is 21.7. The number of piperidine rings is 1. The second-order valence-corrected chi connectivity index (χ2v) is 10.00. The van der Waals surface area contributed by atoms with Crippen molar-refractivity contribution in [1.82, 2.24) is 25.2 Å². The van der Waals surface area contributed by atoms with E-state index < -0.39 is 30.3 Å². The summed E-state index contributed by atoms with van der Waals surface area (Å²) >= 11 is 0.916. The van der Waals surface area contributed by atoms with Crippen LogP contribution in [0.1, 0.15) is 50.4 Å². The van der Waals surface area contributed by atoms with E-state index in [1.807, 2.05) is 0 Å². The van der Waals surface area contributed by atoms with Crippen LogP contribution < -0.4 is 5.32 Å². The average Bonchev–Trinajstić information content (AvgIpc) is 3.00. The number of likely N-dealkylation sites (tertiary alicyclic amines) is 1. The number of carbonyl (C=O) groups is 1. The van der Waals surface area contributed by atoms with E-state index in [2.05, 4.69) is 20.3 Å². The highest BCUT2D eigenvalue weighted by atomic mass is 32.1. The molecule has 1 N–H and O–H groups in total. The van der Waals surface area contributed by atoms with Crippen LogP contribution in [0, 0.1) is 5.41 Å². The lowest BCUT2D eigenvalue weighted by Crippen LogP contribution is -2.64. The predicted octanol–water partition coefficient (Wildman–Crippen LogP) is 3.85. The second kappa shape index (κ2) is 7.30. The van der Waals surface area contributed by atoms with Crippen molar-refractivity contribution in [2.24, 2.45) is 5.41 Å². The minimum atomic E-state index is -4.35. The second-order valence-electron chi connectivity index (χ2n) is 8.94. The van der Waals surface area contributed by atoms with Gasteiger partial charge in [-0.2, -0.15) is 13.2 Å². The predicted molar refractivity (Wildman–Crippen MR) is 105 cm³/mol. The summed E-state index contributed by atoms with van der Waals surface area (Å²) < 4.78 is 44.2. The zero-order valence-electron chi connectivity index (χ0n) is 17.0. The molecule has 1 unspecified atom stereocenters. The van der Waals surface area contributed by atoms with Gasteiger partial charge in [-0.3, -0.25) is 4.90 Å². The molecular weight excluding hydrogens is 419 g/mol. The molecular formula is C19H24F3N5O2S. The van der Waals surface area contributed by atoms with Crippen LogP contribution in [0.2, 0.25) is 0 Å². The minimum absolute atomic E-state index is 0.0539. The van der Waals surface area contributed by atoms with Crippen molar-refractivity contribution >= 4 is 27.8 Å². The van der Waals surface area contributed by atoms with E-state index >= 15 is 0 Å². The van der Waals surface area contributed by atoms with Crippen molar-refractivity contribution in [2.75, 3.05) is 19.6 Å². The van der Waals surface area contributed by atoms with Gasteiger partial charge in [0.1, 0.15) is 27.3 Å². The van der Waals surface area contributed by atoms with Crippen molar-refractivity contribution in [3.05, 3.63) is 17.0 Å². The number of fused-ring (bicyclic) bond motifs is 1. The standard InChI is InChI=1S/C19H24F3N5O2S/c1-17(2,3)29-16(28)27-9-18(4-6-23-7-5-18)14(27)12-13-15(25-10-24-12)30-11(26-13)8-19(20,21)22/h10,14,23H,4-9H2,1-3H3. The largest absolute Gasteiger partial charge is 0.444 e. The molecule has 0 saturated carbocycles. The van der Waals surface area contributed by atoms with Crippen molar-refractivity contribution < 1.29 is 22.7 Å². The minimum Gasteiger partial charge on any atom is -0.444 e. The van der Waals surface area contributed by atoms with Gasteiger partial charge in [0, 0.05) is 12.0 Å². The maximum atomic E-state index is 12.9. The molecule has 4 heterocycles. The van der Waals surface area contributed by atoms with Crippen LogP contribution in [0.25, 0.3) is 10.3 Å². The van der Waals surface area contributed by atoms with E-state index in [-0.39, 0.29) is 10.4 Å². The van der Waals surface area contributed by atoms with E-state index in [0.29, 0.717) is 22.6 Å². The molecule has 0 radical (unpaired) electrons. The summed E-state index contributed by atoms with van der Waals surface area (Å²) in [7, 11) is 0. The number of aromatic nitrogens is 3. The molecule has 2 fully saturated rings. The van der Waals surface area contributed by atoms with E-state index in [0.717, 1.165) is 37.3 Å². The van der Waals surface area contributed by atoms with Crippen LogP contribution in [0.15, 0.2) is 6.33 Å². The highest BCUT2D eigenvalue weighted by molar-refractivity contribution is 7.18. The molecule has 1 spiro atoms. The summed E-state index contributed by atoms with van der Waals surface area (Å²) in [6.07, 6.45) is -2.90. The number of carbonyl (C=O) groups excluding carboxylic acids is 1. The Morgan fingerprint density at radius 3 is 2.63 bits per heavy atom. The summed E-state index contributed by atoms with van der Waals surface area (Å²) in [5.41, 5.74) is -0.00124. The molecule has 7 nitrogen and oxygen atoms in total. The fourth-order valence-corrected chi connectivity index (χ4v) is 5.22. The van der Waals surface area contributed by atoms with Gasteiger partial charge in [-0.05, 0) is 46.7 Å². The third-order valence-corrected chi connectivity index (χ3v) is 6.45. The number of nitrogens with zero attached hydrogens (tertiary/aromatic N) is 4. The fraction of sp³-hybridized carbons (Fsp3) is 0.684. The van der Waals surface area contributed by atoms with Crippen LogP contribution in [0.4, 0.5) is 18.0 Å². The monoisotopic (exact) mass is 443 g/mol. The van der Waals surface area contributed by atoms with E-state index in [4.69, 9.17) is 4.74 Å².